The molecule has 0 atom stereocenters. The number of ether oxygens (including phenoxy) is 1. The lowest BCUT2D eigenvalue weighted by Gasteiger charge is -2.22. The SMILES string of the molecule is CN(C)c1ncc(CNC2CCOCC2)s1.Cl. The number of hydrogen-bond acceptors (Lipinski definition) is 5. The van der Waals surface area contributed by atoms with Gasteiger partial charge in [-0.3, -0.25) is 0 Å². The molecule has 1 fully saturated rings. The normalized spacial score (nSPS) is 16.6. The number of rotatable bonds is 4. The van der Waals surface area contributed by atoms with Gasteiger partial charge in [0.1, 0.15) is 0 Å². The second kappa shape index (κ2) is 7.16. The van der Waals surface area contributed by atoms with Gasteiger partial charge in [-0.25, -0.2) is 4.98 Å². The Labute approximate surface area is 113 Å². The van der Waals surface area contributed by atoms with E-state index in [2.05, 4.69) is 10.3 Å². The van der Waals surface area contributed by atoms with Crippen molar-refractivity contribution in [1.82, 2.24) is 10.3 Å². The lowest BCUT2D eigenvalue weighted by atomic mass is 10.1. The van der Waals surface area contributed by atoms with Gasteiger partial charge in [-0.05, 0) is 12.8 Å². The van der Waals surface area contributed by atoms with E-state index < -0.39 is 0 Å². The predicted molar refractivity (Wildman–Crippen MR) is 74.4 cm³/mol. The minimum absolute atomic E-state index is 0. The highest BCUT2D eigenvalue weighted by molar-refractivity contribution is 7.15. The van der Waals surface area contributed by atoms with Gasteiger partial charge in [-0.15, -0.1) is 23.7 Å². The molecule has 1 aromatic heterocycles. The molecule has 1 saturated heterocycles. The van der Waals surface area contributed by atoms with Crippen molar-refractivity contribution in [3.63, 3.8) is 0 Å². The zero-order valence-corrected chi connectivity index (χ0v) is 11.9. The summed E-state index contributed by atoms with van der Waals surface area (Å²) in [6.07, 6.45) is 4.21. The molecule has 0 unspecified atom stereocenters. The van der Waals surface area contributed by atoms with Crippen molar-refractivity contribution in [2.45, 2.75) is 25.4 Å². The number of thiazole rings is 1. The van der Waals surface area contributed by atoms with Crippen LogP contribution in [0.5, 0.6) is 0 Å². The Morgan fingerprint density at radius 3 is 2.76 bits per heavy atom. The summed E-state index contributed by atoms with van der Waals surface area (Å²) in [5.41, 5.74) is 0. The number of nitrogens with zero attached hydrogens (tertiary/aromatic N) is 2. The van der Waals surface area contributed by atoms with Gasteiger partial charge in [0.15, 0.2) is 5.13 Å². The van der Waals surface area contributed by atoms with Gasteiger partial charge in [-0.1, -0.05) is 0 Å². The number of hydrogen-bond donors (Lipinski definition) is 1. The first-order valence-corrected chi connectivity index (χ1v) is 6.50. The average Bonchev–Trinajstić information content (AvgIpc) is 2.76. The van der Waals surface area contributed by atoms with Gasteiger partial charge in [0, 0.05) is 51.0 Å². The highest BCUT2D eigenvalue weighted by Crippen LogP contribution is 2.20. The van der Waals surface area contributed by atoms with E-state index in [0.717, 1.165) is 37.7 Å². The summed E-state index contributed by atoms with van der Waals surface area (Å²) in [5, 5.41) is 4.63. The van der Waals surface area contributed by atoms with Gasteiger partial charge >= 0.3 is 0 Å². The molecule has 1 aromatic rings. The first kappa shape index (κ1) is 14.7. The molecule has 1 aliphatic rings. The van der Waals surface area contributed by atoms with E-state index in [4.69, 9.17) is 4.74 Å². The summed E-state index contributed by atoms with van der Waals surface area (Å²) >= 11 is 1.75. The minimum atomic E-state index is 0. The van der Waals surface area contributed by atoms with E-state index in [0.29, 0.717) is 6.04 Å². The summed E-state index contributed by atoms with van der Waals surface area (Å²) in [4.78, 5) is 7.70. The molecule has 0 amide bonds. The van der Waals surface area contributed by atoms with Crippen LogP contribution in [0.1, 0.15) is 17.7 Å². The lowest BCUT2D eigenvalue weighted by molar-refractivity contribution is 0.0777. The predicted octanol–water partition coefficient (Wildman–Crippen LogP) is 1.90. The topological polar surface area (TPSA) is 37.4 Å². The Morgan fingerprint density at radius 2 is 2.18 bits per heavy atom. The van der Waals surface area contributed by atoms with Crippen LogP contribution in [0.25, 0.3) is 0 Å². The summed E-state index contributed by atoms with van der Waals surface area (Å²) in [6.45, 7) is 2.71. The molecule has 0 bridgehead atoms. The van der Waals surface area contributed by atoms with Crippen molar-refractivity contribution < 1.29 is 4.74 Å². The molecule has 4 nitrogen and oxygen atoms in total. The maximum atomic E-state index is 5.33. The number of nitrogens with one attached hydrogen (secondary N) is 1. The molecule has 0 saturated carbocycles. The Balaban J connectivity index is 0.00000144. The van der Waals surface area contributed by atoms with Crippen molar-refractivity contribution >= 4 is 28.9 Å². The van der Waals surface area contributed by atoms with Crippen LogP contribution >= 0.6 is 23.7 Å². The maximum absolute atomic E-state index is 5.33. The smallest absolute Gasteiger partial charge is 0.185 e. The zero-order chi connectivity index (χ0) is 11.4. The maximum Gasteiger partial charge on any atom is 0.185 e. The molecule has 0 aromatic carbocycles. The minimum Gasteiger partial charge on any atom is -0.381 e. The van der Waals surface area contributed by atoms with Gasteiger partial charge < -0.3 is 15.0 Å². The number of aromatic nitrogens is 1. The Bertz CT molecular complexity index is 326. The monoisotopic (exact) mass is 277 g/mol. The van der Waals surface area contributed by atoms with Gasteiger partial charge in [0.05, 0.1) is 0 Å². The molecule has 98 valence electrons. The van der Waals surface area contributed by atoms with Crippen LogP contribution in [0.15, 0.2) is 6.20 Å². The summed E-state index contributed by atoms with van der Waals surface area (Å²) in [5.74, 6) is 0. The van der Waals surface area contributed by atoms with Crippen molar-refractivity contribution in [1.29, 1.82) is 0 Å². The third kappa shape index (κ3) is 4.43. The fraction of sp³-hybridized carbons (Fsp3) is 0.727. The molecule has 0 radical (unpaired) electrons. The highest BCUT2D eigenvalue weighted by atomic mass is 35.5. The first-order valence-electron chi connectivity index (χ1n) is 5.69. The third-order valence-electron chi connectivity index (χ3n) is 2.71. The van der Waals surface area contributed by atoms with Crippen LogP contribution in [0, 0.1) is 0 Å². The molecule has 2 heterocycles. The van der Waals surface area contributed by atoms with E-state index >= 15 is 0 Å². The van der Waals surface area contributed by atoms with E-state index in [1.54, 1.807) is 11.3 Å². The molecule has 0 spiro atoms. The van der Waals surface area contributed by atoms with Crippen LogP contribution in [0.2, 0.25) is 0 Å². The van der Waals surface area contributed by atoms with Gasteiger partial charge in [0.2, 0.25) is 0 Å². The second-order valence-corrected chi connectivity index (χ2v) is 5.36. The molecular formula is C11H20ClN3OS. The van der Waals surface area contributed by atoms with Crippen LogP contribution in [0.3, 0.4) is 0 Å². The van der Waals surface area contributed by atoms with Crippen molar-refractivity contribution in [3.8, 4) is 0 Å². The Morgan fingerprint density at radius 1 is 1.47 bits per heavy atom. The molecule has 1 aliphatic heterocycles. The summed E-state index contributed by atoms with van der Waals surface area (Å²) in [7, 11) is 4.04. The fourth-order valence-corrected chi connectivity index (χ4v) is 2.52. The lowest BCUT2D eigenvalue weighted by Crippen LogP contribution is -2.34. The van der Waals surface area contributed by atoms with E-state index in [1.165, 1.54) is 4.88 Å². The number of anilines is 1. The Hall–Kier alpha value is -0.360. The van der Waals surface area contributed by atoms with Crippen LogP contribution < -0.4 is 10.2 Å². The first-order chi connectivity index (χ1) is 7.75. The average molecular weight is 278 g/mol. The van der Waals surface area contributed by atoms with E-state index in [-0.39, 0.29) is 12.4 Å². The Kier molecular flexibility index (Phi) is 6.19. The highest BCUT2D eigenvalue weighted by Gasteiger charge is 2.13. The summed E-state index contributed by atoms with van der Waals surface area (Å²) in [6, 6.07) is 0.610. The molecule has 17 heavy (non-hydrogen) atoms. The number of halogens is 1. The van der Waals surface area contributed by atoms with E-state index in [1.807, 2.05) is 25.2 Å². The quantitative estimate of drug-likeness (QED) is 0.912. The van der Waals surface area contributed by atoms with Crippen molar-refractivity contribution in [2.75, 3.05) is 32.2 Å². The van der Waals surface area contributed by atoms with Crippen molar-refractivity contribution in [3.05, 3.63) is 11.1 Å². The molecule has 6 heteroatoms. The summed E-state index contributed by atoms with van der Waals surface area (Å²) < 4.78 is 5.33. The molecule has 1 N–H and O–H groups in total. The molecule has 2 rings (SSSR count). The second-order valence-electron chi connectivity index (χ2n) is 4.27. The van der Waals surface area contributed by atoms with Crippen LogP contribution in [0.4, 0.5) is 5.13 Å². The molecule has 0 aliphatic carbocycles. The van der Waals surface area contributed by atoms with Crippen LogP contribution in [-0.4, -0.2) is 38.3 Å². The van der Waals surface area contributed by atoms with Crippen LogP contribution in [-0.2, 0) is 11.3 Å². The fourth-order valence-electron chi connectivity index (χ4n) is 1.73. The zero-order valence-electron chi connectivity index (χ0n) is 10.3. The van der Waals surface area contributed by atoms with E-state index in [9.17, 15) is 0 Å². The van der Waals surface area contributed by atoms with Gasteiger partial charge in [-0.2, -0.15) is 0 Å². The standard InChI is InChI=1S/C11H19N3OS.ClH/c1-14(2)11-13-8-10(16-11)7-12-9-3-5-15-6-4-9;/h8-9,12H,3-7H2,1-2H3;1H. The van der Waals surface area contributed by atoms with Crippen molar-refractivity contribution in [2.24, 2.45) is 0 Å². The van der Waals surface area contributed by atoms with Gasteiger partial charge in [0.25, 0.3) is 0 Å². The molecular weight excluding hydrogens is 258 g/mol. The third-order valence-corrected chi connectivity index (χ3v) is 3.88. The largest absolute Gasteiger partial charge is 0.381 e.